The Morgan fingerprint density at radius 3 is 2.71 bits per heavy atom. The maximum absolute atomic E-state index is 5.71. The van der Waals surface area contributed by atoms with Crippen molar-refractivity contribution in [1.29, 1.82) is 0 Å². The van der Waals surface area contributed by atoms with Gasteiger partial charge in [-0.25, -0.2) is 4.98 Å². The molecule has 8 heteroatoms. The fraction of sp³-hybridized carbons (Fsp3) is 0.450. The molecule has 4 heterocycles. The summed E-state index contributed by atoms with van der Waals surface area (Å²) < 4.78 is 2.21. The molecule has 1 aliphatic heterocycles. The third kappa shape index (κ3) is 3.47. The fourth-order valence-electron chi connectivity index (χ4n) is 3.83. The predicted molar refractivity (Wildman–Crippen MR) is 111 cm³/mol. The van der Waals surface area contributed by atoms with Crippen LogP contribution in [0.1, 0.15) is 30.0 Å². The number of nitrogens with two attached hydrogens (primary N) is 1. The highest BCUT2D eigenvalue weighted by Crippen LogP contribution is 2.41. The van der Waals surface area contributed by atoms with Gasteiger partial charge in [0.2, 0.25) is 0 Å². The van der Waals surface area contributed by atoms with Gasteiger partial charge in [0.25, 0.3) is 0 Å². The number of fused-ring (bicyclic) bond motifs is 1. The minimum atomic E-state index is 0.409. The van der Waals surface area contributed by atoms with E-state index in [9.17, 15) is 0 Å². The minimum Gasteiger partial charge on any atom is -0.382 e. The Bertz CT molecular complexity index is 985. The van der Waals surface area contributed by atoms with Gasteiger partial charge in [0, 0.05) is 44.6 Å². The first-order chi connectivity index (χ1) is 13.7. The summed E-state index contributed by atoms with van der Waals surface area (Å²) in [6.45, 7) is 4.88. The first kappa shape index (κ1) is 17.2. The van der Waals surface area contributed by atoms with E-state index in [-0.39, 0.29) is 0 Å². The molecule has 2 aliphatic rings. The van der Waals surface area contributed by atoms with E-state index in [2.05, 4.69) is 55.2 Å². The lowest BCUT2D eigenvalue weighted by atomic mass is 10.1. The smallest absolute Gasteiger partial charge is 0.160 e. The Kier molecular flexibility index (Phi) is 4.27. The molecule has 0 amide bonds. The number of likely N-dealkylation sites (N-methyl/N-ethyl adjacent to an activating group) is 1. The van der Waals surface area contributed by atoms with Crippen molar-refractivity contribution in [2.45, 2.75) is 25.3 Å². The molecule has 8 nitrogen and oxygen atoms in total. The zero-order valence-electron chi connectivity index (χ0n) is 16.2. The lowest BCUT2D eigenvalue weighted by Crippen LogP contribution is -2.44. The maximum Gasteiger partial charge on any atom is 0.160 e. The van der Waals surface area contributed by atoms with Crippen LogP contribution in [0.25, 0.3) is 5.65 Å². The second kappa shape index (κ2) is 6.94. The lowest BCUT2D eigenvalue weighted by Gasteiger charge is -2.34. The summed E-state index contributed by atoms with van der Waals surface area (Å²) in [5.74, 6) is 1.12. The van der Waals surface area contributed by atoms with E-state index in [1.54, 1.807) is 12.3 Å². The number of anilines is 3. The topological polar surface area (TPSA) is 87.6 Å². The van der Waals surface area contributed by atoms with Crippen LogP contribution in [0.15, 0.2) is 30.7 Å². The normalized spacial score (nSPS) is 18.0. The van der Waals surface area contributed by atoms with Crippen molar-refractivity contribution >= 4 is 22.8 Å². The molecular weight excluding hydrogens is 352 g/mol. The zero-order valence-corrected chi connectivity index (χ0v) is 16.2. The number of imidazole rings is 1. The summed E-state index contributed by atoms with van der Waals surface area (Å²) in [7, 11) is 2.19. The number of nitrogens with one attached hydrogen (secondary N) is 1. The Morgan fingerprint density at radius 1 is 1.14 bits per heavy atom. The third-order valence-electron chi connectivity index (χ3n) is 5.64. The van der Waals surface area contributed by atoms with Crippen LogP contribution in [0.3, 0.4) is 0 Å². The Labute approximate surface area is 164 Å². The van der Waals surface area contributed by atoms with E-state index in [4.69, 9.17) is 10.7 Å². The fourth-order valence-corrected chi connectivity index (χ4v) is 3.83. The van der Waals surface area contributed by atoms with Gasteiger partial charge in [0.15, 0.2) is 5.65 Å². The monoisotopic (exact) mass is 378 g/mol. The standard InChI is InChI=1S/C20H26N8/c1-26-4-6-27(7-5-26)18-8-15(14-2-3-14)12-28-13-17(24-20(18)28)10-22-16-9-19(21)25-23-11-16/h8-9,11-14H,2-7,10H2,1H3,(H3,21,22,25). The predicted octanol–water partition coefficient (Wildman–Crippen LogP) is 1.95. The first-order valence-electron chi connectivity index (χ1n) is 9.93. The molecule has 2 fully saturated rings. The molecule has 1 saturated heterocycles. The van der Waals surface area contributed by atoms with Crippen LogP contribution in [0.2, 0.25) is 0 Å². The van der Waals surface area contributed by atoms with Crippen LogP contribution in [0, 0.1) is 0 Å². The molecule has 3 aromatic heterocycles. The molecule has 0 radical (unpaired) electrons. The highest BCUT2D eigenvalue weighted by atomic mass is 15.3. The summed E-state index contributed by atoms with van der Waals surface area (Å²) in [6.07, 6.45) is 8.66. The van der Waals surface area contributed by atoms with Crippen molar-refractivity contribution < 1.29 is 0 Å². The molecule has 3 aromatic rings. The van der Waals surface area contributed by atoms with E-state index < -0.39 is 0 Å². The van der Waals surface area contributed by atoms with Crippen LogP contribution >= 0.6 is 0 Å². The van der Waals surface area contributed by atoms with E-state index in [1.807, 2.05) is 0 Å². The van der Waals surface area contributed by atoms with Crippen LogP contribution < -0.4 is 16.0 Å². The largest absolute Gasteiger partial charge is 0.382 e. The number of hydrogen-bond donors (Lipinski definition) is 2. The molecule has 0 atom stereocenters. The summed E-state index contributed by atoms with van der Waals surface area (Å²) in [4.78, 5) is 9.81. The highest BCUT2D eigenvalue weighted by Gasteiger charge is 2.27. The Morgan fingerprint density at radius 2 is 1.96 bits per heavy atom. The number of nitrogen functional groups attached to an aromatic ring is 1. The number of rotatable bonds is 5. The number of aromatic nitrogens is 4. The van der Waals surface area contributed by atoms with Crippen molar-refractivity contribution in [1.82, 2.24) is 24.5 Å². The van der Waals surface area contributed by atoms with Crippen LogP contribution in [0.4, 0.5) is 17.2 Å². The SMILES string of the molecule is CN1CCN(c2cc(C3CC3)cn3cc(CNc4cnnc(N)c4)nc23)CC1. The first-order valence-corrected chi connectivity index (χ1v) is 9.93. The molecule has 0 unspecified atom stereocenters. The van der Waals surface area contributed by atoms with E-state index in [1.165, 1.54) is 24.1 Å². The average Bonchev–Trinajstić information content (AvgIpc) is 3.46. The summed E-state index contributed by atoms with van der Waals surface area (Å²) >= 11 is 0. The van der Waals surface area contributed by atoms with Crippen molar-refractivity contribution in [3.05, 3.63) is 42.0 Å². The average molecular weight is 378 g/mol. The van der Waals surface area contributed by atoms with E-state index in [0.29, 0.717) is 18.3 Å². The Balaban J connectivity index is 1.44. The van der Waals surface area contributed by atoms with Gasteiger partial charge in [-0.1, -0.05) is 0 Å². The molecule has 3 N–H and O–H groups in total. The van der Waals surface area contributed by atoms with Crippen molar-refractivity contribution in [2.75, 3.05) is 49.2 Å². The van der Waals surface area contributed by atoms with Crippen molar-refractivity contribution in [3.8, 4) is 0 Å². The van der Waals surface area contributed by atoms with Crippen molar-refractivity contribution in [2.24, 2.45) is 0 Å². The van der Waals surface area contributed by atoms with Crippen LogP contribution in [0.5, 0.6) is 0 Å². The second-order valence-corrected chi connectivity index (χ2v) is 7.91. The van der Waals surface area contributed by atoms with Gasteiger partial charge in [-0.15, -0.1) is 5.10 Å². The van der Waals surface area contributed by atoms with Gasteiger partial charge in [-0.2, -0.15) is 5.10 Å². The van der Waals surface area contributed by atoms with Gasteiger partial charge in [0.1, 0.15) is 5.82 Å². The van der Waals surface area contributed by atoms with Gasteiger partial charge in [-0.05, 0) is 37.4 Å². The van der Waals surface area contributed by atoms with Gasteiger partial charge >= 0.3 is 0 Å². The van der Waals surface area contributed by atoms with Gasteiger partial charge in [-0.3, -0.25) is 0 Å². The molecule has 146 valence electrons. The highest BCUT2D eigenvalue weighted by molar-refractivity contribution is 5.71. The number of piperazine rings is 1. The zero-order chi connectivity index (χ0) is 19.1. The molecule has 5 rings (SSSR count). The molecule has 1 saturated carbocycles. The Hall–Kier alpha value is -2.87. The van der Waals surface area contributed by atoms with Gasteiger partial charge in [0.05, 0.1) is 29.8 Å². The molecule has 0 spiro atoms. The third-order valence-corrected chi connectivity index (χ3v) is 5.64. The summed E-state index contributed by atoms with van der Waals surface area (Å²) in [6, 6.07) is 4.15. The second-order valence-electron chi connectivity index (χ2n) is 7.91. The lowest BCUT2D eigenvalue weighted by molar-refractivity contribution is 0.313. The van der Waals surface area contributed by atoms with Gasteiger partial charge < -0.3 is 25.3 Å². The molecule has 28 heavy (non-hydrogen) atoms. The van der Waals surface area contributed by atoms with Crippen molar-refractivity contribution in [3.63, 3.8) is 0 Å². The van der Waals surface area contributed by atoms with E-state index >= 15 is 0 Å². The molecule has 0 bridgehead atoms. The van der Waals surface area contributed by atoms with Crippen LogP contribution in [-0.4, -0.2) is 57.7 Å². The molecule has 1 aliphatic carbocycles. The minimum absolute atomic E-state index is 0.409. The molecule has 0 aromatic carbocycles. The maximum atomic E-state index is 5.71. The quantitative estimate of drug-likeness (QED) is 0.701. The number of pyridine rings is 1. The summed E-state index contributed by atoms with van der Waals surface area (Å²) in [5.41, 5.74) is 11.3. The molecular formula is C20H26N8. The van der Waals surface area contributed by atoms with Crippen LogP contribution in [-0.2, 0) is 6.54 Å². The summed E-state index contributed by atoms with van der Waals surface area (Å²) in [5, 5.41) is 11.0. The number of hydrogen-bond acceptors (Lipinski definition) is 7. The van der Waals surface area contributed by atoms with E-state index in [0.717, 1.165) is 43.2 Å². The number of nitrogens with zero attached hydrogens (tertiary/aromatic N) is 6.